The largest absolute Gasteiger partial charge is 0.481 e. The number of rotatable bonds is 8. The Labute approximate surface area is 141 Å². The van der Waals surface area contributed by atoms with Gasteiger partial charge in [0.15, 0.2) is 0 Å². The van der Waals surface area contributed by atoms with Crippen LogP contribution in [0.1, 0.15) is 31.7 Å². The lowest BCUT2D eigenvalue weighted by molar-refractivity contribution is -0.140. The molecule has 0 saturated carbocycles. The standard InChI is InChI=1S/C18H24FNO4/c1-13(11-14-5-2-3-7-16(14)19)18(23)20(9-8-17(21)22)12-15-6-4-10-24-15/h2-3,5,7,13,15H,4,6,8-12H2,1H3,(H,21,22)/t13-,15-/m0/s1. The minimum absolute atomic E-state index is 0.0385. The van der Waals surface area contributed by atoms with E-state index >= 15 is 0 Å². The minimum atomic E-state index is -0.943. The van der Waals surface area contributed by atoms with Crippen LogP contribution in [0.4, 0.5) is 4.39 Å². The fraction of sp³-hybridized carbons (Fsp3) is 0.556. The zero-order valence-corrected chi connectivity index (χ0v) is 13.9. The third kappa shape index (κ3) is 5.30. The van der Waals surface area contributed by atoms with E-state index in [1.165, 1.54) is 6.07 Å². The van der Waals surface area contributed by atoms with E-state index in [4.69, 9.17) is 9.84 Å². The Hall–Kier alpha value is -1.95. The quantitative estimate of drug-likeness (QED) is 0.791. The Balaban J connectivity index is 2.01. The van der Waals surface area contributed by atoms with Crippen molar-refractivity contribution in [2.75, 3.05) is 19.7 Å². The molecule has 1 fully saturated rings. The number of hydrogen-bond donors (Lipinski definition) is 1. The van der Waals surface area contributed by atoms with Crippen LogP contribution in [-0.2, 0) is 20.7 Å². The van der Waals surface area contributed by atoms with Crippen LogP contribution < -0.4 is 0 Å². The molecule has 1 saturated heterocycles. The molecule has 2 rings (SSSR count). The summed E-state index contributed by atoms with van der Waals surface area (Å²) in [4.78, 5) is 25.1. The van der Waals surface area contributed by atoms with Gasteiger partial charge in [0.1, 0.15) is 5.82 Å². The second kappa shape index (κ2) is 8.78. The number of carbonyl (C=O) groups is 2. The van der Waals surface area contributed by atoms with E-state index < -0.39 is 11.9 Å². The number of carboxylic acid groups (broad SMARTS) is 1. The number of hydrogen-bond acceptors (Lipinski definition) is 3. The average Bonchev–Trinajstić information content (AvgIpc) is 3.05. The third-order valence-electron chi connectivity index (χ3n) is 4.26. The first kappa shape index (κ1) is 18.4. The monoisotopic (exact) mass is 337 g/mol. The molecular weight excluding hydrogens is 313 g/mol. The van der Waals surface area contributed by atoms with Gasteiger partial charge in [0, 0.05) is 25.6 Å². The lowest BCUT2D eigenvalue weighted by Gasteiger charge is -2.27. The highest BCUT2D eigenvalue weighted by molar-refractivity contribution is 5.79. The molecule has 0 radical (unpaired) electrons. The van der Waals surface area contributed by atoms with E-state index in [9.17, 15) is 14.0 Å². The van der Waals surface area contributed by atoms with Gasteiger partial charge < -0.3 is 14.7 Å². The van der Waals surface area contributed by atoms with Gasteiger partial charge in [-0.25, -0.2) is 4.39 Å². The number of carbonyl (C=O) groups excluding carboxylic acids is 1. The Kier molecular flexibility index (Phi) is 6.73. The van der Waals surface area contributed by atoms with Gasteiger partial charge in [-0.05, 0) is 30.9 Å². The van der Waals surface area contributed by atoms with Crippen molar-refractivity contribution in [1.29, 1.82) is 0 Å². The molecule has 1 heterocycles. The number of nitrogens with zero attached hydrogens (tertiary/aromatic N) is 1. The molecule has 1 aliphatic rings. The number of benzene rings is 1. The van der Waals surface area contributed by atoms with Crippen LogP contribution in [0.5, 0.6) is 0 Å². The summed E-state index contributed by atoms with van der Waals surface area (Å²) in [7, 11) is 0. The number of aliphatic carboxylic acids is 1. The number of carboxylic acids is 1. The molecule has 132 valence electrons. The van der Waals surface area contributed by atoms with Crippen molar-refractivity contribution in [3.63, 3.8) is 0 Å². The van der Waals surface area contributed by atoms with Crippen LogP contribution in [0.25, 0.3) is 0 Å². The normalized spacial score (nSPS) is 18.3. The van der Waals surface area contributed by atoms with Gasteiger partial charge in [0.2, 0.25) is 5.91 Å². The van der Waals surface area contributed by atoms with Gasteiger partial charge in [-0.15, -0.1) is 0 Å². The summed E-state index contributed by atoms with van der Waals surface area (Å²) >= 11 is 0. The van der Waals surface area contributed by atoms with E-state index in [1.807, 2.05) is 0 Å². The molecule has 0 spiro atoms. The second-order valence-electron chi connectivity index (χ2n) is 6.26. The van der Waals surface area contributed by atoms with Gasteiger partial charge in [-0.2, -0.15) is 0 Å². The number of ether oxygens (including phenoxy) is 1. The molecule has 0 aliphatic carbocycles. The molecule has 1 N–H and O–H groups in total. The van der Waals surface area contributed by atoms with Crippen LogP contribution in [0, 0.1) is 11.7 Å². The van der Waals surface area contributed by atoms with Crippen LogP contribution in [0.2, 0.25) is 0 Å². The summed E-state index contributed by atoms with van der Waals surface area (Å²) in [6, 6.07) is 6.40. The number of halogens is 1. The third-order valence-corrected chi connectivity index (χ3v) is 4.26. The van der Waals surface area contributed by atoms with Crippen LogP contribution in [0.3, 0.4) is 0 Å². The number of amides is 1. The molecule has 1 amide bonds. The van der Waals surface area contributed by atoms with E-state index in [-0.39, 0.29) is 30.8 Å². The summed E-state index contributed by atoms with van der Waals surface area (Å²) in [5.74, 6) is -1.85. The molecule has 2 atom stereocenters. The molecule has 0 bridgehead atoms. The summed E-state index contributed by atoms with van der Waals surface area (Å²) in [5, 5.41) is 8.90. The van der Waals surface area contributed by atoms with Crippen molar-refractivity contribution in [2.24, 2.45) is 5.92 Å². The first-order chi connectivity index (χ1) is 11.5. The van der Waals surface area contributed by atoms with Crippen molar-refractivity contribution < 1.29 is 23.8 Å². The molecule has 24 heavy (non-hydrogen) atoms. The fourth-order valence-corrected chi connectivity index (χ4v) is 2.95. The Bertz CT molecular complexity index is 572. The molecule has 0 aromatic heterocycles. The van der Waals surface area contributed by atoms with Gasteiger partial charge in [-0.3, -0.25) is 9.59 Å². The maximum atomic E-state index is 13.8. The summed E-state index contributed by atoms with van der Waals surface area (Å²) in [6.07, 6.45) is 1.98. The zero-order chi connectivity index (χ0) is 17.5. The van der Waals surface area contributed by atoms with Crippen molar-refractivity contribution >= 4 is 11.9 Å². The Morgan fingerprint density at radius 2 is 2.17 bits per heavy atom. The molecule has 0 unspecified atom stereocenters. The highest BCUT2D eigenvalue weighted by atomic mass is 19.1. The Morgan fingerprint density at radius 3 is 2.79 bits per heavy atom. The van der Waals surface area contributed by atoms with Gasteiger partial charge in [-0.1, -0.05) is 25.1 Å². The van der Waals surface area contributed by atoms with Crippen LogP contribution >= 0.6 is 0 Å². The lowest BCUT2D eigenvalue weighted by atomic mass is 9.99. The molecule has 1 aromatic rings. The minimum Gasteiger partial charge on any atom is -0.481 e. The fourth-order valence-electron chi connectivity index (χ4n) is 2.95. The van der Waals surface area contributed by atoms with Gasteiger partial charge in [0.25, 0.3) is 0 Å². The Morgan fingerprint density at radius 1 is 1.42 bits per heavy atom. The maximum Gasteiger partial charge on any atom is 0.305 e. The molecule has 6 heteroatoms. The smallest absolute Gasteiger partial charge is 0.305 e. The predicted octanol–water partition coefficient (Wildman–Crippen LogP) is 2.49. The highest BCUT2D eigenvalue weighted by Gasteiger charge is 2.26. The van der Waals surface area contributed by atoms with Crippen molar-refractivity contribution in [3.8, 4) is 0 Å². The van der Waals surface area contributed by atoms with Gasteiger partial charge >= 0.3 is 5.97 Å². The topological polar surface area (TPSA) is 66.8 Å². The van der Waals surface area contributed by atoms with Gasteiger partial charge in [0.05, 0.1) is 12.5 Å². The first-order valence-corrected chi connectivity index (χ1v) is 8.33. The van der Waals surface area contributed by atoms with E-state index in [0.717, 1.165) is 12.8 Å². The van der Waals surface area contributed by atoms with Crippen LogP contribution in [0.15, 0.2) is 24.3 Å². The van der Waals surface area contributed by atoms with E-state index in [2.05, 4.69) is 0 Å². The average molecular weight is 337 g/mol. The maximum absolute atomic E-state index is 13.8. The molecular formula is C18H24FNO4. The molecule has 1 aromatic carbocycles. The SMILES string of the molecule is C[C@@H](Cc1ccccc1F)C(=O)N(CCC(=O)O)C[C@@H]1CCCO1. The first-order valence-electron chi connectivity index (χ1n) is 8.33. The van der Waals surface area contributed by atoms with Crippen molar-refractivity contribution in [3.05, 3.63) is 35.6 Å². The summed E-state index contributed by atoms with van der Waals surface area (Å²) in [5.41, 5.74) is 0.494. The highest BCUT2D eigenvalue weighted by Crippen LogP contribution is 2.18. The van der Waals surface area contributed by atoms with Crippen molar-refractivity contribution in [1.82, 2.24) is 4.90 Å². The lowest BCUT2D eigenvalue weighted by Crippen LogP contribution is -2.42. The second-order valence-corrected chi connectivity index (χ2v) is 6.26. The summed E-state index contributed by atoms with van der Waals surface area (Å²) in [6.45, 7) is 2.97. The van der Waals surface area contributed by atoms with E-state index in [0.29, 0.717) is 25.1 Å². The summed E-state index contributed by atoms with van der Waals surface area (Å²) < 4.78 is 19.3. The van der Waals surface area contributed by atoms with Crippen LogP contribution in [-0.4, -0.2) is 47.7 Å². The predicted molar refractivity (Wildman–Crippen MR) is 87.1 cm³/mol. The zero-order valence-electron chi connectivity index (χ0n) is 13.9. The van der Waals surface area contributed by atoms with E-state index in [1.54, 1.807) is 30.0 Å². The molecule has 1 aliphatic heterocycles. The van der Waals surface area contributed by atoms with Crippen molar-refractivity contribution in [2.45, 2.75) is 38.7 Å². The molecule has 5 nitrogen and oxygen atoms in total.